The predicted molar refractivity (Wildman–Crippen MR) is 191 cm³/mol. The Labute approximate surface area is 314 Å². The van der Waals surface area contributed by atoms with Crippen LogP contribution in [-0.2, 0) is 47.5 Å². The lowest BCUT2D eigenvalue weighted by molar-refractivity contribution is -0.319. The summed E-state index contributed by atoms with van der Waals surface area (Å²) in [7, 11) is 4.51. The molecular weight excluding hydrogens is 694 g/mol. The van der Waals surface area contributed by atoms with Crippen molar-refractivity contribution in [2.24, 2.45) is 23.7 Å². The number of hydrogen-bond acceptors (Lipinski definition) is 14. The molecule has 0 aliphatic carbocycles. The van der Waals surface area contributed by atoms with E-state index in [1.807, 2.05) is 0 Å². The molecule has 3 fully saturated rings. The van der Waals surface area contributed by atoms with Crippen LogP contribution in [0.15, 0.2) is 0 Å². The maximum atomic E-state index is 14.2. The van der Waals surface area contributed by atoms with E-state index in [4.69, 9.17) is 33.2 Å². The molecule has 0 aromatic rings. The van der Waals surface area contributed by atoms with Gasteiger partial charge in [0, 0.05) is 45.4 Å². The quantitative estimate of drug-likeness (QED) is 0.196. The van der Waals surface area contributed by atoms with E-state index >= 15 is 0 Å². The average molecular weight is 762 g/mol. The van der Waals surface area contributed by atoms with Crippen molar-refractivity contribution in [3.05, 3.63) is 0 Å². The third-order valence-corrected chi connectivity index (χ3v) is 12.3. The van der Waals surface area contributed by atoms with Gasteiger partial charge in [-0.15, -0.1) is 0 Å². The molecule has 3 heterocycles. The first kappa shape index (κ1) is 45.6. The zero-order valence-electron chi connectivity index (χ0n) is 33.9. The molecule has 0 radical (unpaired) electrons. The summed E-state index contributed by atoms with van der Waals surface area (Å²) in [5.74, 6) is -4.74. The minimum atomic E-state index is -1.99. The number of cyclic esters (lactones) is 1. The minimum Gasteiger partial charge on any atom is -0.459 e. The lowest BCUT2D eigenvalue weighted by atomic mass is 9.74. The van der Waals surface area contributed by atoms with Gasteiger partial charge in [-0.1, -0.05) is 27.7 Å². The molecule has 3 saturated heterocycles. The standard InChI is InChI=1S/C38H67NO14/c1-14-26-38(10,46)31(43)21(4)28(41)19(2)16-37(9,48-13)33(53-35-29(42)25(39(11)18-40)15-20(3)49-35)22(5)30(23(6)34(45)51-26)52-27-17-36(8,47-12)32(44)24(7)50-27/h18-27,29-33,35,42-44,46H,14-17H2,1-13H3. The van der Waals surface area contributed by atoms with Crippen molar-refractivity contribution in [3.8, 4) is 0 Å². The third-order valence-electron chi connectivity index (χ3n) is 12.3. The van der Waals surface area contributed by atoms with Crippen molar-refractivity contribution < 1.29 is 68.0 Å². The van der Waals surface area contributed by atoms with Crippen molar-refractivity contribution in [1.82, 2.24) is 4.90 Å². The van der Waals surface area contributed by atoms with Crippen LogP contribution in [0.5, 0.6) is 0 Å². The van der Waals surface area contributed by atoms with Crippen LogP contribution in [-0.4, -0.2) is 149 Å². The van der Waals surface area contributed by atoms with E-state index in [1.165, 1.54) is 33.0 Å². The van der Waals surface area contributed by atoms with Gasteiger partial charge < -0.3 is 58.5 Å². The number of esters is 1. The number of carbonyl (C=O) groups is 3. The van der Waals surface area contributed by atoms with Crippen molar-refractivity contribution in [3.63, 3.8) is 0 Å². The van der Waals surface area contributed by atoms with E-state index in [0.717, 1.165) is 0 Å². The number of methoxy groups -OCH3 is 2. The summed E-state index contributed by atoms with van der Waals surface area (Å²) in [6, 6.07) is -0.637. The summed E-state index contributed by atoms with van der Waals surface area (Å²) in [6.45, 7) is 16.7. The number of aliphatic hydroxyl groups excluding tert-OH is 3. The predicted octanol–water partition coefficient (Wildman–Crippen LogP) is 1.97. The Bertz CT molecular complexity index is 1240. The van der Waals surface area contributed by atoms with Gasteiger partial charge in [0.15, 0.2) is 12.6 Å². The highest BCUT2D eigenvalue weighted by Crippen LogP contribution is 2.41. The van der Waals surface area contributed by atoms with E-state index in [1.54, 1.807) is 62.4 Å². The number of hydrogen-bond donors (Lipinski definition) is 4. The number of nitrogens with zero attached hydrogens (tertiary/aromatic N) is 1. The fourth-order valence-corrected chi connectivity index (χ4v) is 8.55. The van der Waals surface area contributed by atoms with Crippen LogP contribution in [0, 0.1) is 23.7 Å². The van der Waals surface area contributed by atoms with Gasteiger partial charge in [-0.25, -0.2) is 0 Å². The van der Waals surface area contributed by atoms with Gasteiger partial charge in [0.05, 0.1) is 53.7 Å². The summed E-state index contributed by atoms with van der Waals surface area (Å²) in [4.78, 5) is 41.3. The van der Waals surface area contributed by atoms with E-state index in [-0.39, 0.29) is 25.0 Å². The topological polar surface area (TPSA) is 200 Å². The van der Waals surface area contributed by atoms with E-state index in [0.29, 0.717) is 12.8 Å². The lowest BCUT2D eigenvalue weighted by Crippen LogP contribution is -2.61. The van der Waals surface area contributed by atoms with E-state index in [2.05, 4.69) is 0 Å². The van der Waals surface area contributed by atoms with Crippen LogP contribution in [0.3, 0.4) is 0 Å². The van der Waals surface area contributed by atoms with Crippen molar-refractivity contribution in [2.75, 3.05) is 21.3 Å². The van der Waals surface area contributed by atoms with Gasteiger partial charge in [-0.05, 0) is 60.8 Å². The van der Waals surface area contributed by atoms with Gasteiger partial charge in [0.1, 0.15) is 29.7 Å². The van der Waals surface area contributed by atoms with Crippen LogP contribution >= 0.6 is 0 Å². The molecule has 0 aromatic carbocycles. The first-order valence-corrected chi connectivity index (χ1v) is 18.9. The number of Topliss-reactive ketones (excluding diaryl/α,β-unsaturated/α-hetero) is 1. The van der Waals surface area contributed by atoms with Crippen LogP contribution in [0.4, 0.5) is 0 Å². The molecule has 0 aromatic heterocycles. The van der Waals surface area contributed by atoms with Gasteiger partial charge in [-0.2, -0.15) is 0 Å². The van der Waals surface area contributed by atoms with Crippen LogP contribution in [0.1, 0.15) is 94.9 Å². The zero-order chi connectivity index (χ0) is 40.4. The monoisotopic (exact) mass is 761 g/mol. The second kappa shape index (κ2) is 18.0. The van der Waals surface area contributed by atoms with Gasteiger partial charge in [0.25, 0.3) is 0 Å². The normalized spacial score (nSPS) is 48.1. The Morgan fingerprint density at radius 1 is 0.887 bits per heavy atom. The molecule has 18 unspecified atom stereocenters. The average Bonchev–Trinajstić information content (AvgIpc) is 3.12. The maximum Gasteiger partial charge on any atom is 0.311 e. The van der Waals surface area contributed by atoms with Crippen LogP contribution in [0.25, 0.3) is 0 Å². The second-order valence-corrected chi connectivity index (χ2v) is 16.4. The number of rotatable bonds is 9. The molecule has 4 N–H and O–H groups in total. The molecule has 18 atom stereocenters. The molecule has 308 valence electrons. The number of ketones is 1. The largest absolute Gasteiger partial charge is 0.459 e. The van der Waals surface area contributed by atoms with Crippen molar-refractivity contribution in [2.45, 2.75) is 179 Å². The van der Waals surface area contributed by atoms with Crippen molar-refractivity contribution >= 4 is 18.2 Å². The molecule has 3 aliphatic heterocycles. The summed E-state index contributed by atoms with van der Waals surface area (Å²) < 4.78 is 43.6. The Balaban J connectivity index is 2.23. The highest BCUT2D eigenvalue weighted by molar-refractivity contribution is 5.83. The number of ether oxygens (including phenoxy) is 7. The molecule has 0 bridgehead atoms. The zero-order valence-corrected chi connectivity index (χ0v) is 33.9. The van der Waals surface area contributed by atoms with E-state index < -0.39 is 114 Å². The molecule has 15 heteroatoms. The fraction of sp³-hybridized carbons (Fsp3) is 0.921. The molecular formula is C38H67NO14. The fourth-order valence-electron chi connectivity index (χ4n) is 8.55. The molecule has 3 aliphatic rings. The van der Waals surface area contributed by atoms with Crippen molar-refractivity contribution in [1.29, 1.82) is 0 Å². The molecule has 3 rings (SSSR count). The molecule has 1 amide bonds. The third kappa shape index (κ3) is 9.61. The van der Waals surface area contributed by atoms with Gasteiger partial charge in [-0.3, -0.25) is 14.4 Å². The molecule has 53 heavy (non-hydrogen) atoms. The number of aliphatic hydroxyl groups is 4. The summed E-state index contributed by atoms with van der Waals surface area (Å²) in [5.41, 5.74) is -4.37. The Morgan fingerprint density at radius 3 is 2.04 bits per heavy atom. The SMILES string of the molecule is CCC1OC(=O)C(C)C(OC2CC(C)(OC)C(O)C(C)O2)C(C)C(OC2OC(C)CC(N(C)C=O)C2O)C(C)(OC)CC(C)C(=O)C(C)C(O)C1(C)O. The minimum absolute atomic E-state index is 0.0558. The first-order valence-electron chi connectivity index (χ1n) is 18.9. The van der Waals surface area contributed by atoms with Gasteiger partial charge in [0.2, 0.25) is 6.41 Å². The summed E-state index contributed by atoms with van der Waals surface area (Å²) >= 11 is 0. The number of amides is 1. The molecule has 15 nitrogen and oxygen atoms in total. The molecule has 0 saturated carbocycles. The number of likely N-dealkylation sites (N-methyl/N-ethyl adjacent to an activating group) is 1. The Hall–Kier alpha value is -1.79. The molecule has 0 spiro atoms. The maximum absolute atomic E-state index is 14.2. The highest BCUT2D eigenvalue weighted by Gasteiger charge is 2.54. The van der Waals surface area contributed by atoms with E-state index in [9.17, 15) is 34.8 Å². The highest BCUT2D eigenvalue weighted by atomic mass is 16.7. The Morgan fingerprint density at radius 2 is 1.49 bits per heavy atom. The Kier molecular flexibility index (Phi) is 15.5. The van der Waals surface area contributed by atoms with Crippen LogP contribution in [0.2, 0.25) is 0 Å². The number of carbonyl (C=O) groups excluding carboxylic acids is 3. The summed E-state index contributed by atoms with van der Waals surface area (Å²) in [5, 5.41) is 45.5. The van der Waals surface area contributed by atoms with Crippen LogP contribution < -0.4 is 0 Å². The lowest BCUT2D eigenvalue weighted by Gasteiger charge is -2.49. The smallest absolute Gasteiger partial charge is 0.311 e. The summed E-state index contributed by atoms with van der Waals surface area (Å²) in [6.07, 6.45) is -9.27. The first-order chi connectivity index (χ1) is 24.5. The van der Waals surface area contributed by atoms with Gasteiger partial charge >= 0.3 is 5.97 Å². The second-order valence-electron chi connectivity index (χ2n) is 16.4.